The van der Waals surface area contributed by atoms with Crippen LogP contribution in [0.3, 0.4) is 0 Å². The summed E-state index contributed by atoms with van der Waals surface area (Å²) in [7, 11) is 5.98. The van der Waals surface area contributed by atoms with E-state index in [-0.39, 0.29) is 38.2 Å². The third-order valence-electron chi connectivity index (χ3n) is 15.0. The Morgan fingerprint density at radius 1 is 0.383 bits per heavy atom. The van der Waals surface area contributed by atoms with Gasteiger partial charge in [-0.3, -0.25) is 9.59 Å². The molecule has 0 aliphatic heterocycles. The fourth-order valence-electron chi connectivity index (χ4n) is 9.79. The molecule has 0 radical (unpaired) electrons. The van der Waals surface area contributed by atoms with Crippen LogP contribution in [0.5, 0.6) is 0 Å². The minimum absolute atomic E-state index is 0.178. The fourth-order valence-corrected chi connectivity index (χ4v) is 9.79. The molecule has 1 N–H and O–H groups in total. The van der Waals surface area contributed by atoms with Crippen LogP contribution >= 0.6 is 0 Å². The normalized spacial score (nSPS) is 13.1. The molecule has 0 saturated carbocycles. The van der Waals surface area contributed by atoms with Crippen LogP contribution in [0.2, 0.25) is 0 Å². The summed E-state index contributed by atoms with van der Waals surface area (Å²) in [6.07, 6.45) is 80.1. The Hall–Kier alpha value is -3.27. The van der Waals surface area contributed by atoms with E-state index in [2.05, 4.69) is 86.8 Å². The van der Waals surface area contributed by atoms with Gasteiger partial charge < -0.3 is 28.5 Å². The topological polar surface area (TPSA) is 108 Å². The van der Waals surface area contributed by atoms with E-state index in [1.165, 1.54) is 205 Å². The van der Waals surface area contributed by atoms with E-state index in [9.17, 15) is 19.5 Å². The number of likely N-dealkylation sites (N-methyl/N-ethyl adjacent to an activating group) is 1. The highest BCUT2D eigenvalue weighted by Crippen LogP contribution is 2.18. The zero-order valence-electron chi connectivity index (χ0n) is 53.7. The Kier molecular flexibility index (Phi) is 60.2. The maximum atomic E-state index is 12.9. The first-order valence-corrected chi connectivity index (χ1v) is 34.1. The average Bonchev–Trinajstić information content (AvgIpc) is 3.44. The van der Waals surface area contributed by atoms with Crippen molar-refractivity contribution >= 4 is 17.9 Å². The Morgan fingerprint density at radius 3 is 1.05 bits per heavy atom. The van der Waals surface area contributed by atoms with Gasteiger partial charge in [0.25, 0.3) is 6.29 Å². The maximum absolute atomic E-state index is 12.9. The van der Waals surface area contributed by atoms with Crippen molar-refractivity contribution in [1.29, 1.82) is 0 Å². The van der Waals surface area contributed by atoms with Crippen LogP contribution in [0, 0.1) is 0 Å². The summed E-state index contributed by atoms with van der Waals surface area (Å²) in [4.78, 5) is 37.6. The van der Waals surface area contributed by atoms with E-state index < -0.39 is 18.4 Å². The van der Waals surface area contributed by atoms with Crippen molar-refractivity contribution in [2.24, 2.45) is 0 Å². The number of ether oxygens (including phenoxy) is 4. The van der Waals surface area contributed by atoms with Crippen molar-refractivity contribution in [2.75, 3.05) is 47.5 Å². The van der Waals surface area contributed by atoms with Crippen LogP contribution in [0.4, 0.5) is 0 Å². The summed E-state index contributed by atoms with van der Waals surface area (Å²) in [6.45, 7) is 4.81. The molecule has 470 valence electrons. The van der Waals surface area contributed by atoms with E-state index in [0.717, 1.165) is 77.0 Å². The van der Waals surface area contributed by atoms with Crippen molar-refractivity contribution in [3.63, 3.8) is 0 Å². The first kappa shape index (κ1) is 77.7. The minimum Gasteiger partial charge on any atom is -0.477 e. The Labute approximate surface area is 500 Å². The number of aliphatic carboxylic acids is 1. The van der Waals surface area contributed by atoms with Gasteiger partial charge in [0.15, 0.2) is 6.10 Å². The molecule has 0 aliphatic carbocycles. The van der Waals surface area contributed by atoms with Crippen LogP contribution in [0.25, 0.3) is 0 Å². The van der Waals surface area contributed by atoms with Gasteiger partial charge in [0.2, 0.25) is 0 Å². The van der Waals surface area contributed by atoms with Gasteiger partial charge >= 0.3 is 17.9 Å². The number of carbonyl (C=O) groups is 3. The molecule has 0 aromatic carbocycles. The lowest BCUT2D eigenvalue weighted by molar-refractivity contribution is -0.870. The minimum atomic E-state index is -1.51. The first-order chi connectivity index (χ1) is 39.6. The van der Waals surface area contributed by atoms with Gasteiger partial charge in [-0.05, 0) is 64.2 Å². The van der Waals surface area contributed by atoms with Gasteiger partial charge in [-0.15, -0.1) is 0 Å². The molecular weight excluding hydrogens is 1010 g/mol. The number of carbonyl (C=O) groups excluding carboxylic acids is 2. The second-order valence-corrected chi connectivity index (χ2v) is 24.1. The van der Waals surface area contributed by atoms with Gasteiger partial charge in [0.05, 0.1) is 34.4 Å². The van der Waals surface area contributed by atoms with E-state index in [1.807, 2.05) is 21.1 Å². The summed E-state index contributed by atoms with van der Waals surface area (Å²) >= 11 is 0. The first-order valence-electron chi connectivity index (χ1n) is 34.1. The summed E-state index contributed by atoms with van der Waals surface area (Å²) in [6, 6.07) is 0. The van der Waals surface area contributed by atoms with Crippen molar-refractivity contribution in [2.45, 2.75) is 322 Å². The predicted octanol–water partition coefficient (Wildman–Crippen LogP) is 20.9. The molecule has 0 amide bonds. The van der Waals surface area contributed by atoms with Crippen molar-refractivity contribution in [3.8, 4) is 0 Å². The van der Waals surface area contributed by atoms with Crippen molar-refractivity contribution < 1.29 is 42.9 Å². The van der Waals surface area contributed by atoms with Crippen LogP contribution in [0.15, 0.2) is 72.9 Å². The SMILES string of the molecule is CC/C=C\C/C=C\C/C=C\C/C=C\C/C=C\C/C=C\CCCCCCCCCCCCCCCCCCCCC(=O)OC(COC(=O)CCCCCCCCCCCCCCCCCCCCC)COC(OCC[N+](C)(C)C)C(=O)O. The second kappa shape index (κ2) is 62.8. The molecule has 0 bridgehead atoms. The highest BCUT2D eigenvalue weighted by atomic mass is 16.7. The molecule has 0 fully saturated rings. The van der Waals surface area contributed by atoms with Crippen molar-refractivity contribution in [1.82, 2.24) is 0 Å². The van der Waals surface area contributed by atoms with Crippen LogP contribution in [-0.2, 0) is 33.3 Å². The second-order valence-electron chi connectivity index (χ2n) is 24.1. The number of carboxylic acid groups (broad SMARTS) is 1. The zero-order valence-corrected chi connectivity index (χ0v) is 53.7. The lowest BCUT2D eigenvalue weighted by Crippen LogP contribution is -2.40. The molecule has 9 nitrogen and oxygen atoms in total. The van der Waals surface area contributed by atoms with Crippen LogP contribution < -0.4 is 0 Å². The van der Waals surface area contributed by atoms with E-state index in [1.54, 1.807) is 0 Å². The Balaban J connectivity index is 4.05. The fraction of sp³-hybridized carbons (Fsp3) is 0.792. The molecule has 0 saturated heterocycles. The zero-order chi connectivity index (χ0) is 59.1. The molecule has 0 spiro atoms. The summed E-state index contributed by atoms with van der Waals surface area (Å²) in [5, 5.41) is 9.73. The van der Waals surface area contributed by atoms with E-state index in [0.29, 0.717) is 17.4 Å². The Bertz CT molecular complexity index is 1560. The number of esters is 2. The standard InChI is InChI=1S/C72H129NO8/c1-6-8-10-12-14-16-18-20-22-24-26-27-28-29-30-31-32-33-34-35-36-37-38-39-40-41-42-43-45-47-49-51-53-55-57-59-61-63-70(75)81-68(67-80-72(71(76)77)78-65-64-73(3,4)5)66-79-69(74)62-60-58-56-54-52-50-48-46-44-25-23-21-19-17-15-13-11-9-7-2/h8,10,14,16,20,22,26-27,29-30,32-33,68,72H,6-7,9,11-13,15,17-19,21,23-25,28,31,34-67H2,1-5H3/p+1/b10-8-,16-14-,22-20-,27-26-,30-29-,33-32-. The number of hydrogen-bond acceptors (Lipinski definition) is 7. The summed E-state index contributed by atoms with van der Waals surface area (Å²) < 4.78 is 23.0. The van der Waals surface area contributed by atoms with E-state index >= 15 is 0 Å². The Morgan fingerprint density at radius 2 is 0.704 bits per heavy atom. The van der Waals surface area contributed by atoms with Gasteiger partial charge in [-0.2, -0.15) is 0 Å². The number of rotatable bonds is 63. The van der Waals surface area contributed by atoms with Gasteiger partial charge in [-0.1, -0.05) is 305 Å². The third-order valence-corrected chi connectivity index (χ3v) is 15.0. The van der Waals surface area contributed by atoms with Crippen LogP contribution in [-0.4, -0.2) is 87.4 Å². The summed E-state index contributed by atoms with van der Waals surface area (Å²) in [5.74, 6) is -1.98. The quantitative estimate of drug-likeness (QED) is 0.0211. The molecule has 2 unspecified atom stereocenters. The number of hydrogen-bond donors (Lipinski definition) is 1. The number of unbranched alkanes of at least 4 members (excludes halogenated alkanes) is 36. The average molecular weight is 1140 g/mol. The monoisotopic (exact) mass is 1140 g/mol. The number of quaternary nitrogens is 1. The highest BCUT2D eigenvalue weighted by molar-refractivity contribution is 5.71. The lowest BCUT2D eigenvalue weighted by Gasteiger charge is -2.25. The van der Waals surface area contributed by atoms with Crippen LogP contribution in [0.1, 0.15) is 309 Å². The lowest BCUT2D eigenvalue weighted by atomic mass is 10.0. The smallest absolute Gasteiger partial charge is 0.361 e. The third kappa shape index (κ3) is 64.1. The molecule has 2 atom stereocenters. The molecule has 0 aromatic rings. The predicted molar refractivity (Wildman–Crippen MR) is 346 cm³/mol. The van der Waals surface area contributed by atoms with Crippen molar-refractivity contribution in [3.05, 3.63) is 72.9 Å². The molecule has 0 aromatic heterocycles. The molecule has 0 aliphatic rings. The van der Waals surface area contributed by atoms with E-state index in [4.69, 9.17) is 18.9 Å². The molecule has 0 rings (SSSR count). The number of carboxylic acids is 1. The largest absolute Gasteiger partial charge is 0.477 e. The van der Waals surface area contributed by atoms with Gasteiger partial charge in [0, 0.05) is 12.8 Å². The summed E-state index contributed by atoms with van der Waals surface area (Å²) in [5.41, 5.74) is 0. The molecule has 0 heterocycles. The number of nitrogens with zero attached hydrogens (tertiary/aromatic N) is 1. The highest BCUT2D eigenvalue weighted by Gasteiger charge is 2.25. The maximum Gasteiger partial charge on any atom is 0.361 e. The molecule has 81 heavy (non-hydrogen) atoms. The number of allylic oxidation sites excluding steroid dienone is 12. The van der Waals surface area contributed by atoms with Gasteiger partial charge in [0.1, 0.15) is 13.2 Å². The molecule has 9 heteroatoms. The van der Waals surface area contributed by atoms with Gasteiger partial charge in [-0.25, -0.2) is 4.79 Å². The molecular formula is C72H130NO8+.